The van der Waals surface area contributed by atoms with Crippen molar-refractivity contribution in [3.05, 3.63) is 76.6 Å². The average molecular weight is 426 g/mol. The lowest BCUT2D eigenvalue weighted by molar-refractivity contribution is -0.129. The Bertz CT molecular complexity index is 1100. The van der Waals surface area contributed by atoms with Gasteiger partial charge in [0, 0.05) is 24.5 Å². The Labute approximate surface area is 176 Å². The quantitative estimate of drug-likeness (QED) is 0.232. The molecule has 0 saturated heterocycles. The van der Waals surface area contributed by atoms with Crippen LogP contribution in [0.5, 0.6) is 17.2 Å². The number of methoxy groups -OCH3 is 2. The molecule has 3 aromatic rings. The van der Waals surface area contributed by atoms with Crippen molar-refractivity contribution in [2.75, 3.05) is 14.2 Å². The van der Waals surface area contributed by atoms with Gasteiger partial charge in [-0.2, -0.15) is 0 Å². The lowest BCUT2D eigenvalue weighted by Gasteiger charge is -2.07. The van der Waals surface area contributed by atoms with Crippen LogP contribution in [-0.2, 0) is 10.5 Å². The molecule has 0 radical (unpaired) electrons. The lowest BCUT2D eigenvalue weighted by atomic mass is 10.2. The molecule has 0 N–H and O–H groups in total. The summed E-state index contributed by atoms with van der Waals surface area (Å²) in [6, 6.07) is 8.17. The molecule has 2 heterocycles. The van der Waals surface area contributed by atoms with Crippen molar-refractivity contribution in [2.45, 2.75) is 10.9 Å². The molecule has 0 aliphatic heterocycles. The fourth-order valence-corrected chi connectivity index (χ4v) is 3.04. The van der Waals surface area contributed by atoms with E-state index in [0.717, 1.165) is 6.26 Å². The minimum absolute atomic E-state index is 0.193. The molecular formula is C21H18N2O6S. The number of hydrogen-bond acceptors (Lipinski definition) is 9. The van der Waals surface area contributed by atoms with E-state index >= 15 is 0 Å². The van der Waals surface area contributed by atoms with E-state index in [1.54, 1.807) is 36.7 Å². The predicted octanol–water partition coefficient (Wildman–Crippen LogP) is 3.36. The van der Waals surface area contributed by atoms with Crippen LogP contribution < -0.4 is 19.6 Å². The fraction of sp³-hybridized carbons (Fsp3) is 0.143. The number of carbonyl (C=O) groups excluding carboxylic acids is 1. The van der Waals surface area contributed by atoms with E-state index < -0.39 is 11.4 Å². The van der Waals surface area contributed by atoms with Crippen LogP contribution in [0.3, 0.4) is 0 Å². The monoisotopic (exact) mass is 426 g/mol. The Balaban J connectivity index is 1.61. The normalized spacial score (nSPS) is 10.7. The molecule has 8 nitrogen and oxygen atoms in total. The van der Waals surface area contributed by atoms with Crippen LogP contribution in [-0.4, -0.2) is 30.2 Å². The predicted molar refractivity (Wildman–Crippen MR) is 111 cm³/mol. The van der Waals surface area contributed by atoms with Crippen LogP contribution in [0, 0.1) is 0 Å². The van der Waals surface area contributed by atoms with E-state index in [1.807, 2.05) is 0 Å². The number of benzene rings is 1. The standard InChI is InChI=1S/C21H18N2O6S/c1-26-17-6-4-14(10-18(17)27-2)5-7-20(25)29-19-12-28-15(11-16(19)24)13-30-21-22-8-3-9-23-21/h3-12H,13H2,1-2H3/b7-5+. The molecule has 0 atom stereocenters. The van der Waals surface area contributed by atoms with E-state index in [9.17, 15) is 9.59 Å². The summed E-state index contributed by atoms with van der Waals surface area (Å²) in [6.07, 6.45) is 7.12. The van der Waals surface area contributed by atoms with Crippen molar-refractivity contribution >= 4 is 23.8 Å². The molecule has 0 amide bonds. The Morgan fingerprint density at radius 3 is 2.57 bits per heavy atom. The number of ether oxygens (including phenoxy) is 3. The number of rotatable bonds is 8. The van der Waals surface area contributed by atoms with Gasteiger partial charge in [-0.05, 0) is 29.8 Å². The highest BCUT2D eigenvalue weighted by Gasteiger charge is 2.10. The highest BCUT2D eigenvalue weighted by molar-refractivity contribution is 7.98. The third kappa shape index (κ3) is 5.71. The first-order valence-electron chi connectivity index (χ1n) is 8.72. The van der Waals surface area contributed by atoms with Gasteiger partial charge in [0.2, 0.25) is 11.2 Å². The van der Waals surface area contributed by atoms with Crippen LogP contribution in [0.4, 0.5) is 0 Å². The van der Waals surface area contributed by atoms with Gasteiger partial charge in [-0.3, -0.25) is 4.79 Å². The Morgan fingerprint density at radius 1 is 1.10 bits per heavy atom. The Hall–Kier alpha value is -3.59. The summed E-state index contributed by atoms with van der Waals surface area (Å²) >= 11 is 1.32. The van der Waals surface area contributed by atoms with Crippen LogP contribution in [0.25, 0.3) is 6.08 Å². The van der Waals surface area contributed by atoms with Crippen molar-refractivity contribution in [3.63, 3.8) is 0 Å². The smallest absolute Gasteiger partial charge is 0.336 e. The molecule has 154 valence electrons. The van der Waals surface area contributed by atoms with Gasteiger partial charge < -0.3 is 18.6 Å². The molecule has 30 heavy (non-hydrogen) atoms. The minimum atomic E-state index is -0.711. The van der Waals surface area contributed by atoms with Gasteiger partial charge >= 0.3 is 5.97 Å². The molecule has 0 saturated carbocycles. The zero-order valence-electron chi connectivity index (χ0n) is 16.2. The number of hydrogen-bond donors (Lipinski definition) is 0. The van der Waals surface area contributed by atoms with E-state index in [4.69, 9.17) is 18.6 Å². The third-order valence-electron chi connectivity index (χ3n) is 3.77. The first-order chi connectivity index (χ1) is 14.6. The zero-order valence-corrected chi connectivity index (χ0v) is 17.0. The molecule has 0 aliphatic rings. The van der Waals surface area contributed by atoms with Crippen molar-refractivity contribution in [3.8, 4) is 17.2 Å². The number of aromatic nitrogens is 2. The van der Waals surface area contributed by atoms with E-state index in [-0.39, 0.29) is 5.75 Å². The molecule has 0 spiro atoms. The van der Waals surface area contributed by atoms with Gasteiger partial charge in [-0.1, -0.05) is 17.8 Å². The second kappa shape index (κ2) is 10.3. The first-order valence-corrected chi connectivity index (χ1v) is 9.71. The average Bonchev–Trinajstić information content (AvgIpc) is 2.78. The van der Waals surface area contributed by atoms with Crippen LogP contribution in [0.2, 0.25) is 0 Å². The lowest BCUT2D eigenvalue weighted by Crippen LogP contribution is -2.12. The maximum atomic E-state index is 12.2. The molecule has 0 fully saturated rings. The number of nitrogens with zero attached hydrogens (tertiary/aromatic N) is 2. The second-order valence-electron chi connectivity index (χ2n) is 5.76. The summed E-state index contributed by atoms with van der Waals surface area (Å²) in [4.78, 5) is 32.4. The van der Waals surface area contributed by atoms with Gasteiger partial charge in [0.05, 0.1) is 20.0 Å². The summed E-state index contributed by atoms with van der Waals surface area (Å²) in [5.41, 5.74) is 0.242. The van der Waals surface area contributed by atoms with Crippen LogP contribution in [0.1, 0.15) is 11.3 Å². The van der Waals surface area contributed by atoms with E-state index in [0.29, 0.717) is 33.7 Å². The second-order valence-corrected chi connectivity index (χ2v) is 6.71. The van der Waals surface area contributed by atoms with Gasteiger partial charge in [0.1, 0.15) is 12.0 Å². The van der Waals surface area contributed by atoms with Crippen LogP contribution >= 0.6 is 11.8 Å². The molecule has 9 heteroatoms. The number of esters is 1. The number of thioether (sulfide) groups is 1. The zero-order chi connectivity index (χ0) is 21.3. The maximum Gasteiger partial charge on any atom is 0.336 e. The number of carbonyl (C=O) groups is 1. The molecule has 0 unspecified atom stereocenters. The van der Waals surface area contributed by atoms with Crippen LogP contribution in [0.15, 0.2) is 69.4 Å². The van der Waals surface area contributed by atoms with Gasteiger partial charge in [-0.15, -0.1) is 0 Å². The molecular weight excluding hydrogens is 408 g/mol. The molecule has 3 rings (SSSR count). The highest BCUT2D eigenvalue weighted by Crippen LogP contribution is 2.28. The fourth-order valence-electron chi connectivity index (χ4n) is 2.35. The SMILES string of the molecule is COc1ccc(/C=C/C(=O)Oc2coc(CSc3ncccn3)cc2=O)cc1OC. The third-order valence-corrected chi connectivity index (χ3v) is 4.67. The van der Waals surface area contributed by atoms with Gasteiger partial charge in [0.15, 0.2) is 16.7 Å². The Kier molecular flexibility index (Phi) is 7.23. The van der Waals surface area contributed by atoms with Gasteiger partial charge in [0.25, 0.3) is 0 Å². The molecule has 2 aromatic heterocycles. The minimum Gasteiger partial charge on any atom is -0.493 e. The van der Waals surface area contributed by atoms with Gasteiger partial charge in [-0.25, -0.2) is 14.8 Å². The Morgan fingerprint density at radius 2 is 1.87 bits per heavy atom. The summed E-state index contributed by atoms with van der Waals surface area (Å²) in [7, 11) is 3.06. The van der Waals surface area contributed by atoms with Crippen molar-refractivity contribution in [1.29, 1.82) is 0 Å². The first kappa shape index (κ1) is 21.1. The van der Waals surface area contributed by atoms with Crippen molar-refractivity contribution in [2.24, 2.45) is 0 Å². The largest absolute Gasteiger partial charge is 0.493 e. The summed E-state index contributed by atoms with van der Waals surface area (Å²) in [5.74, 6) is 0.985. The van der Waals surface area contributed by atoms with E-state index in [2.05, 4.69) is 9.97 Å². The summed E-state index contributed by atoms with van der Waals surface area (Å²) < 4.78 is 20.8. The molecule has 0 aliphatic carbocycles. The topological polar surface area (TPSA) is 101 Å². The highest BCUT2D eigenvalue weighted by atomic mass is 32.2. The molecule has 0 bridgehead atoms. The van der Waals surface area contributed by atoms with Crippen molar-refractivity contribution < 1.29 is 23.4 Å². The summed E-state index contributed by atoms with van der Waals surface area (Å²) in [5, 5.41) is 0.566. The summed E-state index contributed by atoms with van der Waals surface area (Å²) in [6.45, 7) is 0. The molecule has 1 aromatic carbocycles. The maximum absolute atomic E-state index is 12.2. The van der Waals surface area contributed by atoms with E-state index in [1.165, 1.54) is 44.2 Å². The van der Waals surface area contributed by atoms with Crippen molar-refractivity contribution in [1.82, 2.24) is 9.97 Å².